The van der Waals surface area contributed by atoms with Crippen molar-refractivity contribution in [1.82, 2.24) is 10.6 Å². The first-order chi connectivity index (χ1) is 9.19. The van der Waals surface area contributed by atoms with Crippen molar-refractivity contribution < 1.29 is 19.1 Å². The molecule has 2 atom stereocenters. The fraction of sp³-hybridized carbons (Fsp3) is 0.857. The van der Waals surface area contributed by atoms with Crippen LogP contribution in [0.25, 0.3) is 0 Å². The van der Waals surface area contributed by atoms with Gasteiger partial charge in [0, 0.05) is 12.6 Å². The van der Waals surface area contributed by atoms with Crippen LogP contribution < -0.4 is 10.6 Å². The monoisotopic (exact) mass is 286 g/mol. The number of hydrogen-bond donors (Lipinski definition) is 2. The Morgan fingerprint density at radius 3 is 2.25 bits per heavy atom. The fourth-order valence-corrected chi connectivity index (χ4v) is 3.45. The Bertz CT molecular complexity index is 370. The van der Waals surface area contributed by atoms with E-state index in [9.17, 15) is 9.59 Å². The third-order valence-corrected chi connectivity index (χ3v) is 3.80. The van der Waals surface area contributed by atoms with Crippen LogP contribution in [0.4, 0.5) is 9.59 Å². The number of nitrogens with one attached hydrogen (secondary N) is 2. The van der Waals surface area contributed by atoms with Gasteiger partial charge in [-0.1, -0.05) is 20.8 Å². The standard InChI is InChI=1S/C14H26N2O4/c1-13(2)6-10(16-12(18)20-5)7-14(3,8-13)9-15-11(17)19-4/h10H,6-9H2,1-5H3,(H,15,17)(H,16,18)/t10-,14-/m0/s1. The van der Waals surface area contributed by atoms with Gasteiger partial charge in [-0.05, 0) is 30.1 Å². The summed E-state index contributed by atoms with van der Waals surface area (Å²) in [6.07, 6.45) is 1.84. The highest BCUT2D eigenvalue weighted by Crippen LogP contribution is 2.45. The van der Waals surface area contributed by atoms with Crippen LogP contribution in [0.1, 0.15) is 40.0 Å². The highest BCUT2D eigenvalue weighted by Gasteiger charge is 2.42. The van der Waals surface area contributed by atoms with E-state index in [1.54, 1.807) is 0 Å². The number of methoxy groups -OCH3 is 2. The number of alkyl carbamates (subject to hydrolysis) is 2. The summed E-state index contributed by atoms with van der Waals surface area (Å²) >= 11 is 0. The van der Waals surface area contributed by atoms with E-state index in [1.165, 1.54) is 14.2 Å². The molecule has 0 bridgehead atoms. The lowest BCUT2D eigenvalue weighted by Gasteiger charge is -2.46. The Labute approximate surface area is 120 Å². The van der Waals surface area contributed by atoms with Crippen molar-refractivity contribution in [3.63, 3.8) is 0 Å². The Morgan fingerprint density at radius 1 is 1.10 bits per heavy atom. The first-order valence-electron chi connectivity index (χ1n) is 6.86. The average Bonchev–Trinajstić information content (AvgIpc) is 2.33. The normalized spacial score (nSPS) is 28.4. The number of ether oxygens (including phenoxy) is 2. The molecule has 1 aliphatic rings. The van der Waals surface area contributed by atoms with Gasteiger partial charge in [0.05, 0.1) is 14.2 Å². The molecule has 6 nitrogen and oxygen atoms in total. The second-order valence-corrected chi connectivity index (χ2v) is 6.74. The van der Waals surface area contributed by atoms with Gasteiger partial charge in [-0.3, -0.25) is 0 Å². The molecule has 0 aromatic carbocycles. The van der Waals surface area contributed by atoms with Gasteiger partial charge in [0.15, 0.2) is 0 Å². The molecule has 0 heterocycles. The van der Waals surface area contributed by atoms with Gasteiger partial charge >= 0.3 is 12.2 Å². The second-order valence-electron chi connectivity index (χ2n) is 6.74. The maximum Gasteiger partial charge on any atom is 0.407 e. The summed E-state index contributed by atoms with van der Waals surface area (Å²) in [4.78, 5) is 22.6. The predicted octanol–water partition coefficient (Wildman–Crippen LogP) is 2.28. The zero-order valence-electron chi connectivity index (χ0n) is 13.0. The van der Waals surface area contributed by atoms with E-state index in [-0.39, 0.29) is 16.9 Å². The van der Waals surface area contributed by atoms with Crippen LogP contribution in [-0.2, 0) is 9.47 Å². The van der Waals surface area contributed by atoms with Gasteiger partial charge in [-0.2, -0.15) is 0 Å². The number of carbonyl (C=O) groups is 2. The van der Waals surface area contributed by atoms with E-state index in [0.717, 1.165) is 19.3 Å². The van der Waals surface area contributed by atoms with E-state index in [1.807, 2.05) is 0 Å². The molecular formula is C14H26N2O4. The molecule has 0 spiro atoms. The first kappa shape index (κ1) is 16.6. The molecule has 0 aromatic rings. The van der Waals surface area contributed by atoms with Crippen LogP contribution in [-0.4, -0.2) is 39.0 Å². The van der Waals surface area contributed by atoms with Crippen molar-refractivity contribution >= 4 is 12.2 Å². The molecule has 0 saturated heterocycles. The molecule has 1 aliphatic carbocycles. The summed E-state index contributed by atoms with van der Waals surface area (Å²) in [6.45, 7) is 7.00. The van der Waals surface area contributed by atoms with Crippen LogP contribution in [0.15, 0.2) is 0 Å². The second kappa shape index (κ2) is 6.33. The molecule has 0 radical (unpaired) electrons. The molecule has 2 amide bonds. The molecule has 1 rings (SSSR count). The lowest BCUT2D eigenvalue weighted by Crippen LogP contribution is -2.50. The van der Waals surface area contributed by atoms with Gasteiger partial charge in [-0.15, -0.1) is 0 Å². The minimum atomic E-state index is -0.424. The molecule has 6 heteroatoms. The molecule has 1 saturated carbocycles. The predicted molar refractivity (Wildman–Crippen MR) is 75.5 cm³/mol. The Morgan fingerprint density at radius 2 is 1.70 bits per heavy atom. The van der Waals surface area contributed by atoms with Crippen LogP contribution >= 0.6 is 0 Å². The maximum absolute atomic E-state index is 11.4. The minimum Gasteiger partial charge on any atom is -0.453 e. The summed E-state index contributed by atoms with van der Waals surface area (Å²) in [5.74, 6) is 0. The van der Waals surface area contributed by atoms with Crippen LogP contribution in [0.2, 0.25) is 0 Å². The highest BCUT2D eigenvalue weighted by atomic mass is 16.5. The minimum absolute atomic E-state index is 0.0515. The molecule has 2 N–H and O–H groups in total. The van der Waals surface area contributed by atoms with E-state index >= 15 is 0 Å². The Kier molecular flexibility index (Phi) is 5.25. The molecule has 0 aromatic heterocycles. The van der Waals surface area contributed by atoms with E-state index in [4.69, 9.17) is 0 Å². The van der Waals surface area contributed by atoms with Crippen LogP contribution in [0.3, 0.4) is 0 Å². The lowest BCUT2D eigenvalue weighted by atomic mass is 9.62. The van der Waals surface area contributed by atoms with Crippen LogP contribution in [0, 0.1) is 10.8 Å². The molecule has 116 valence electrons. The van der Waals surface area contributed by atoms with Crippen molar-refractivity contribution in [2.24, 2.45) is 10.8 Å². The van der Waals surface area contributed by atoms with Gasteiger partial charge < -0.3 is 20.1 Å². The molecule has 0 unspecified atom stereocenters. The topological polar surface area (TPSA) is 76.7 Å². The first-order valence-corrected chi connectivity index (χ1v) is 6.86. The molecule has 20 heavy (non-hydrogen) atoms. The summed E-state index contributed by atoms with van der Waals surface area (Å²) in [5.41, 5.74) is 0.0120. The van der Waals surface area contributed by atoms with E-state index < -0.39 is 12.2 Å². The fourth-order valence-electron chi connectivity index (χ4n) is 3.45. The average molecular weight is 286 g/mol. The van der Waals surface area contributed by atoms with Crippen LogP contribution in [0.5, 0.6) is 0 Å². The van der Waals surface area contributed by atoms with Crippen molar-refractivity contribution in [2.45, 2.75) is 46.1 Å². The number of carbonyl (C=O) groups excluding carboxylic acids is 2. The SMILES string of the molecule is COC(=O)NC[C@@]1(C)C[C@@H](NC(=O)OC)CC(C)(C)C1. The van der Waals surface area contributed by atoms with Crippen molar-refractivity contribution in [3.05, 3.63) is 0 Å². The lowest BCUT2D eigenvalue weighted by molar-refractivity contribution is 0.0662. The van der Waals surface area contributed by atoms with Gasteiger partial charge in [0.1, 0.15) is 0 Å². The van der Waals surface area contributed by atoms with Crippen molar-refractivity contribution in [1.29, 1.82) is 0 Å². The van der Waals surface area contributed by atoms with Gasteiger partial charge in [-0.25, -0.2) is 9.59 Å². The largest absolute Gasteiger partial charge is 0.453 e. The Balaban J connectivity index is 2.70. The number of amides is 2. The van der Waals surface area contributed by atoms with Gasteiger partial charge in [0.25, 0.3) is 0 Å². The molecular weight excluding hydrogens is 260 g/mol. The smallest absolute Gasteiger partial charge is 0.407 e. The van der Waals surface area contributed by atoms with E-state index in [0.29, 0.717) is 6.54 Å². The Hall–Kier alpha value is -1.46. The molecule has 1 fully saturated rings. The summed E-state index contributed by atoms with van der Waals surface area (Å²) < 4.78 is 9.27. The van der Waals surface area contributed by atoms with E-state index in [2.05, 4.69) is 40.9 Å². The number of hydrogen-bond acceptors (Lipinski definition) is 4. The quantitative estimate of drug-likeness (QED) is 0.834. The summed E-state index contributed by atoms with van der Waals surface area (Å²) in [5, 5.41) is 5.64. The summed E-state index contributed by atoms with van der Waals surface area (Å²) in [7, 11) is 2.71. The zero-order chi connectivity index (χ0) is 15.4. The zero-order valence-corrected chi connectivity index (χ0v) is 13.0. The number of rotatable bonds is 3. The summed E-state index contributed by atoms with van der Waals surface area (Å²) in [6, 6.07) is 0.0515. The third-order valence-electron chi connectivity index (χ3n) is 3.80. The van der Waals surface area contributed by atoms with Crippen molar-refractivity contribution in [2.75, 3.05) is 20.8 Å². The molecule has 0 aliphatic heterocycles. The maximum atomic E-state index is 11.4. The van der Waals surface area contributed by atoms with Crippen molar-refractivity contribution in [3.8, 4) is 0 Å². The highest BCUT2D eigenvalue weighted by molar-refractivity contribution is 5.67. The third kappa shape index (κ3) is 4.90. The van der Waals surface area contributed by atoms with Gasteiger partial charge in [0.2, 0.25) is 0 Å².